The first-order chi connectivity index (χ1) is 7.13. The monoisotopic (exact) mass is 209 g/mol. The number of nitrogens with zero attached hydrogens (tertiary/aromatic N) is 1. The van der Waals surface area contributed by atoms with Gasteiger partial charge in [0.1, 0.15) is 0 Å². The van der Waals surface area contributed by atoms with E-state index < -0.39 is 0 Å². The van der Waals surface area contributed by atoms with Gasteiger partial charge in [0.05, 0.1) is 6.10 Å². The molecular formula is C13H23NO. The van der Waals surface area contributed by atoms with Crippen LogP contribution in [-0.4, -0.2) is 9.67 Å². The van der Waals surface area contributed by atoms with Crippen LogP contribution in [0.4, 0.5) is 0 Å². The van der Waals surface area contributed by atoms with Crippen LogP contribution in [0.5, 0.6) is 0 Å². The summed E-state index contributed by atoms with van der Waals surface area (Å²) in [6.45, 7) is 7.61. The summed E-state index contributed by atoms with van der Waals surface area (Å²) in [7, 11) is 0. The maximum absolute atomic E-state index is 9.80. The maximum atomic E-state index is 9.80. The Balaban J connectivity index is 2.48. The lowest BCUT2D eigenvalue weighted by molar-refractivity contribution is 0.166. The first-order valence-electron chi connectivity index (χ1n) is 5.97. The zero-order chi connectivity index (χ0) is 11.3. The summed E-state index contributed by atoms with van der Waals surface area (Å²) >= 11 is 0. The van der Waals surface area contributed by atoms with Gasteiger partial charge in [-0.15, -0.1) is 0 Å². The molecule has 0 aliphatic rings. The summed E-state index contributed by atoms with van der Waals surface area (Å²) in [6, 6.07) is 2.03. The van der Waals surface area contributed by atoms with Crippen LogP contribution in [0.2, 0.25) is 0 Å². The fourth-order valence-corrected chi connectivity index (χ4v) is 1.64. The Bertz CT molecular complexity index is 278. The van der Waals surface area contributed by atoms with Crippen molar-refractivity contribution in [3.63, 3.8) is 0 Å². The first kappa shape index (κ1) is 12.3. The van der Waals surface area contributed by atoms with Gasteiger partial charge in [-0.05, 0) is 30.4 Å². The first-order valence-corrected chi connectivity index (χ1v) is 5.97. The van der Waals surface area contributed by atoms with E-state index in [9.17, 15) is 5.11 Å². The van der Waals surface area contributed by atoms with Crippen LogP contribution in [0, 0.1) is 5.92 Å². The summed E-state index contributed by atoms with van der Waals surface area (Å²) in [6.07, 6.45) is 6.93. The number of rotatable bonds is 6. The van der Waals surface area contributed by atoms with Gasteiger partial charge in [-0.3, -0.25) is 0 Å². The van der Waals surface area contributed by atoms with Crippen molar-refractivity contribution >= 4 is 0 Å². The molecule has 0 spiro atoms. The minimum absolute atomic E-state index is 0.282. The predicted molar refractivity (Wildman–Crippen MR) is 63.8 cm³/mol. The summed E-state index contributed by atoms with van der Waals surface area (Å²) < 4.78 is 2.17. The van der Waals surface area contributed by atoms with E-state index in [2.05, 4.69) is 37.7 Å². The van der Waals surface area contributed by atoms with Crippen LogP contribution in [-0.2, 0) is 6.54 Å². The molecule has 0 saturated carbocycles. The molecule has 0 bridgehead atoms. The van der Waals surface area contributed by atoms with Gasteiger partial charge in [0.15, 0.2) is 0 Å². The largest absolute Gasteiger partial charge is 0.388 e. The second-order valence-corrected chi connectivity index (χ2v) is 4.67. The zero-order valence-electron chi connectivity index (χ0n) is 10.1. The molecule has 2 heteroatoms. The minimum atomic E-state index is -0.282. The van der Waals surface area contributed by atoms with E-state index in [0.717, 1.165) is 30.9 Å². The van der Waals surface area contributed by atoms with E-state index in [-0.39, 0.29) is 6.10 Å². The quantitative estimate of drug-likeness (QED) is 0.763. The molecule has 1 heterocycles. The normalized spacial score (nSPS) is 13.4. The lowest BCUT2D eigenvalue weighted by Crippen LogP contribution is -1.99. The van der Waals surface area contributed by atoms with Gasteiger partial charge >= 0.3 is 0 Å². The summed E-state index contributed by atoms with van der Waals surface area (Å²) in [5.74, 6) is 0.733. The van der Waals surface area contributed by atoms with Gasteiger partial charge in [0.2, 0.25) is 0 Å². The van der Waals surface area contributed by atoms with E-state index in [0.29, 0.717) is 0 Å². The smallest absolute Gasteiger partial charge is 0.0804 e. The highest BCUT2D eigenvalue weighted by molar-refractivity contribution is 5.13. The Hall–Kier alpha value is -0.760. The summed E-state index contributed by atoms with van der Waals surface area (Å²) in [5, 5.41) is 9.80. The lowest BCUT2D eigenvalue weighted by atomic mass is 10.1. The molecule has 0 radical (unpaired) electrons. The van der Waals surface area contributed by atoms with Crippen molar-refractivity contribution in [2.75, 3.05) is 0 Å². The van der Waals surface area contributed by atoms with Crippen LogP contribution in [0.15, 0.2) is 18.5 Å². The number of hydrogen-bond donors (Lipinski definition) is 1. The van der Waals surface area contributed by atoms with Gasteiger partial charge in [0, 0.05) is 18.9 Å². The molecule has 0 saturated heterocycles. The maximum Gasteiger partial charge on any atom is 0.0804 e. The highest BCUT2D eigenvalue weighted by Crippen LogP contribution is 2.18. The highest BCUT2D eigenvalue weighted by Gasteiger charge is 2.07. The molecule has 1 rings (SSSR count). The third-order valence-electron chi connectivity index (χ3n) is 2.68. The number of aliphatic hydroxyl groups excluding tert-OH is 1. The molecule has 1 aromatic heterocycles. The number of aromatic nitrogens is 1. The van der Waals surface area contributed by atoms with Gasteiger partial charge < -0.3 is 9.67 Å². The van der Waals surface area contributed by atoms with Crippen LogP contribution < -0.4 is 0 Å². The van der Waals surface area contributed by atoms with E-state index in [1.165, 1.54) is 6.42 Å². The van der Waals surface area contributed by atoms with Crippen LogP contribution in [0.3, 0.4) is 0 Å². The van der Waals surface area contributed by atoms with Gasteiger partial charge in [0.25, 0.3) is 0 Å². The molecule has 1 aromatic rings. The molecule has 1 atom stereocenters. The molecule has 0 amide bonds. The van der Waals surface area contributed by atoms with Crippen LogP contribution in [0.25, 0.3) is 0 Å². The minimum Gasteiger partial charge on any atom is -0.388 e. The third kappa shape index (κ3) is 4.08. The van der Waals surface area contributed by atoms with Gasteiger partial charge in [-0.25, -0.2) is 0 Å². The Labute approximate surface area is 92.9 Å². The van der Waals surface area contributed by atoms with Crippen molar-refractivity contribution in [1.29, 1.82) is 0 Å². The number of aryl methyl sites for hydroxylation is 1. The zero-order valence-corrected chi connectivity index (χ0v) is 10.1. The fourth-order valence-electron chi connectivity index (χ4n) is 1.64. The molecule has 0 fully saturated rings. The molecule has 0 aromatic carbocycles. The lowest BCUT2D eigenvalue weighted by Gasteiger charge is -2.07. The molecule has 1 N–H and O–H groups in total. The molecular weight excluding hydrogens is 186 g/mol. The topological polar surface area (TPSA) is 25.2 Å². The average molecular weight is 209 g/mol. The van der Waals surface area contributed by atoms with Crippen molar-refractivity contribution in [3.05, 3.63) is 24.0 Å². The fraction of sp³-hybridized carbons (Fsp3) is 0.692. The Morgan fingerprint density at radius 3 is 2.67 bits per heavy atom. The Morgan fingerprint density at radius 1 is 1.33 bits per heavy atom. The summed E-state index contributed by atoms with van der Waals surface area (Å²) in [5.41, 5.74) is 1.06. The Morgan fingerprint density at radius 2 is 2.07 bits per heavy atom. The van der Waals surface area contributed by atoms with Crippen LogP contribution in [0.1, 0.15) is 51.7 Å². The van der Waals surface area contributed by atoms with Crippen molar-refractivity contribution in [1.82, 2.24) is 4.57 Å². The Kier molecular flexibility index (Phi) is 4.89. The standard InChI is InChI=1S/C13H23NO/c1-4-5-13(15)12-7-9-14(10-12)8-6-11(2)3/h7,9-11,13,15H,4-6,8H2,1-3H3. The predicted octanol–water partition coefficient (Wildman–Crippen LogP) is 3.37. The van der Waals surface area contributed by atoms with Crippen molar-refractivity contribution in [2.24, 2.45) is 5.92 Å². The number of hydrogen-bond acceptors (Lipinski definition) is 1. The van der Waals surface area contributed by atoms with Crippen molar-refractivity contribution < 1.29 is 5.11 Å². The molecule has 2 nitrogen and oxygen atoms in total. The van der Waals surface area contributed by atoms with Crippen LogP contribution >= 0.6 is 0 Å². The van der Waals surface area contributed by atoms with Gasteiger partial charge in [-0.2, -0.15) is 0 Å². The summed E-state index contributed by atoms with van der Waals surface area (Å²) in [4.78, 5) is 0. The molecule has 0 aliphatic carbocycles. The third-order valence-corrected chi connectivity index (χ3v) is 2.68. The van der Waals surface area contributed by atoms with E-state index in [1.54, 1.807) is 0 Å². The molecule has 15 heavy (non-hydrogen) atoms. The molecule has 1 unspecified atom stereocenters. The average Bonchev–Trinajstić information content (AvgIpc) is 2.63. The number of aliphatic hydroxyl groups is 1. The van der Waals surface area contributed by atoms with E-state index >= 15 is 0 Å². The van der Waals surface area contributed by atoms with E-state index in [4.69, 9.17) is 0 Å². The van der Waals surface area contributed by atoms with Crippen molar-refractivity contribution in [2.45, 2.75) is 52.7 Å². The highest BCUT2D eigenvalue weighted by atomic mass is 16.3. The van der Waals surface area contributed by atoms with E-state index in [1.807, 2.05) is 6.07 Å². The second kappa shape index (κ2) is 5.96. The van der Waals surface area contributed by atoms with Gasteiger partial charge in [-0.1, -0.05) is 27.2 Å². The molecule has 86 valence electrons. The van der Waals surface area contributed by atoms with Crippen molar-refractivity contribution in [3.8, 4) is 0 Å². The SMILES string of the molecule is CCCC(O)c1ccn(CCC(C)C)c1. The molecule has 0 aliphatic heterocycles. The second-order valence-electron chi connectivity index (χ2n) is 4.67.